The highest BCUT2D eigenvalue weighted by molar-refractivity contribution is 7.52. The predicted molar refractivity (Wildman–Crippen MR) is 143 cm³/mol. The lowest BCUT2D eigenvalue weighted by atomic mass is 9.97. The molecule has 14 nitrogen and oxygen atoms in total. The molecule has 4 rings (SSSR count). The molecule has 17 heteroatoms. The van der Waals surface area contributed by atoms with Crippen molar-refractivity contribution >= 4 is 36.6 Å². The van der Waals surface area contributed by atoms with Crippen molar-refractivity contribution in [2.75, 3.05) is 31.4 Å². The molecule has 0 amide bonds. The number of halogens is 2. The third-order valence-corrected chi connectivity index (χ3v) is 7.77. The van der Waals surface area contributed by atoms with E-state index in [-0.39, 0.29) is 28.7 Å². The number of fused-ring (bicyclic) bond motifs is 1. The monoisotopic (exact) mass is 599 g/mol. The quantitative estimate of drug-likeness (QED) is 0.176. The molecule has 3 aromatic rings. The van der Waals surface area contributed by atoms with Crippen molar-refractivity contribution in [1.29, 1.82) is 0 Å². The van der Waals surface area contributed by atoms with Crippen LogP contribution in [0.2, 0.25) is 0 Å². The van der Waals surface area contributed by atoms with Gasteiger partial charge >= 0.3 is 13.7 Å². The summed E-state index contributed by atoms with van der Waals surface area (Å²) in [6, 6.07) is 6.79. The van der Waals surface area contributed by atoms with Crippen LogP contribution >= 0.6 is 7.75 Å². The molecule has 1 saturated heterocycles. The first kappa shape index (κ1) is 30.5. The first-order chi connectivity index (χ1) is 19.4. The lowest BCUT2D eigenvalue weighted by Gasteiger charge is -2.26. The Morgan fingerprint density at radius 3 is 2.63 bits per heavy atom. The molecule has 1 unspecified atom stereocenters. The number of nitrogen functional groups attached to an aromatic ring is 1. The van der Waals surface area contributed by atoms with E-state index in [4.69, 9.17) is 24.3 Å². The van der Waals surface area contributed by atoms with E-state index in [1.165, 1.54) is 19.1 Å². The Morgan fingerprint density at radius 2 is 2.00 bits per heavy atom. The Labute approximate surface area is 234 Å². The van der Waals surface area contributed by atoms with Crippen molar-refractivity contribution in [2.45, 2.75) is 57.0 Å². The van der Waals surface area contributed by atoms with Crippen molar-refractivity contribution < 1.29 is 41.8 Å². The maximum Gasteiger partial charge on any atom is 0.459 e. The zero-order valence-corrected chi connectivity index (χ0v) is 23.6. The second-order valence-electron chi connectivity index (χ2n) is 9.57. The molecule has 1 fully saturated rings. The van der Waals surface area contributed by atoms with E-state index in [1.807, 2.05) is 0 Å². The third kappa shape index (κ3) is 6.41. The SMILES string of the molecule is CNc1nc(N)nc2c1ncn2[C@@H]1O[C@H](CO[P@](=O)(NC(C)C(=O)OC(C)C)Oc2ccccc2)[C@@H](O)[C@]1(F)CF. The smallest absolute Gasteiger partial charge is 0.459 e. The minimum atomic E-state index is -4.38. The summed E-state index contributed by atoms with van der Waals surface area (Å²) >= 11 is 0. The van der Waals surface area contributed by atoms with Gasteiger partial charge in [-0.3, -0.25) is 13.9 Å². The summed E-state index contributed by atoms with van der Waals surface area (Å²) in [6.07, 6.45) is -4.66. The molecule has 41 heavy (non-hydrogen) atoms. The van der Waals surface area contributed by atoms with Crippen LogP contribution in [0, 0.1) is 0 Å². The largest absolute Gasteiger partial charge is 0.462 e. The minimum absolute atomic E-state index is 0.0216. The molecule has 0 bridgehead atoms. The predicted octanol–water partition coefficient (Wildman–Crippen LogP) is 2.52. The Bertz CT molecular complexity index is 1420. The molecule has 224 valence electrons. The second-order valence-corrected chi connectivity index (χ2v) is 11.3. The van der Waals surface area contributed by atoms with Gasteiger partial charge in [0.15, 0.2) is 23.2 Å². The van der Waals surface area contributed by atoms with Crippen molar-refractivity contribution in [3.63, 3.8) is 0 Å². The van der Waals surface area contributed by atoms with Crippen LogP contribution in [0.5, 0.6) is 5.75 Å². The lowest BCUT2D eigenvalue weighted by molar-refractivity contribution is -0.149. The fourth-order valence-corrected chi connectivity index (χ4v) is 5.67. The number of hydrogen-bond donors (Lipinski definition) is 4. The van der Waals surface area contributed by atoms with Gasteiger partial charge in [-0.25, -0.2) is 18.3 Å². The molecule has 5 N–H and O–H groups in total. The van der Waals surface area contributed by atoms with E-state index in [0.717, 1.165) is 10.9 Å². The number of alkyl halides is 2. The summed E-state index contributed by atoms with van der Waals surface area (Å²) in [7, 11) is -2.82. The number of imidazole rings is 1. The molecule has 1 aliphatic heterocycles. The first-order valence-corrected chi connectivity index (χ1v) is 14.2. The average Bonchev–Trinajstić information content (AvgIpc) is 3.45. The number of aliphatic hydroxyl groups excluding tert-OH is 1. The lowest BCUT2D eigenvalue weighted by Crippen LogP contribution is -2.45. The summed E-state index contributed by atoms with van der Waals surface area (Å²) in [6.45, 7) is 2.31. The zero-order valence-electron chi connectivity index (χ0n) is 22.7. The average molecular weight is 600 g/mol. The van der Waals surface area contributed by atoms with Crippen LogP contribution in [0.3, 0.4) is 0 Å². The van der Waals surface area contributed by atoms with Gasteiger partial charge in [-0.2, -0.15) is 15.1 Å². The molecular weight excluding hydrogens is 567 g/mol. The molecule has 6 atom stereocenters. The van der Waals surface area contributed by atoms with Crippen molar-refractivity contribution in [3.05, 3.63) is 36.7 Å². The topological polar surface area (TPSA) is 185 Å². The fourth-order valence-electron chi connectivity index (χ4n) is 4.17. The Balaban J connectivity index is 1.59. The maximum atomic E-state index is 16.0. The summed E-state index contributed by atoms with van der Waals surface area (Å²) in [4.78, 5) is 24.6. The van der Waals surface area contributed by atoms with Crippen LogP contribution in [-0.4, -0.2) is 80.9 Å². The van der Waals surface area contributed by atoms with E-state index < -0.39 is 63.2 Å². The number of hydrogen-bond acceptors (Lipinski definition) is 12. The summed E-state index contributed by atoms with van der Waals surface area (Å²) in [5.41, 5.74) is 3.01. The summed E-state index contributed by atoms with van der Waals surface area (Å²) in [5.74, 6) is -0.525. The number of aromatic nitrogens is 4. The molecule has 0 saturated carbocycles. The molecule has 0 radical (unpaired) electrons. The molecular formula is C24H32F2N7O7P. The van der Waals surface area contributed by atoms with Gasteiger partial charge in [0.1, 0.15) is 30.7 Å². The molecule has 2 aromatic heterocycles. The number of carbonyl (C=O) groups is 1. The molecule has 1 aliphatic rings. The van der Waals surface area contributed by atoms with Crippen LogP contribution in [0.4, 0.5) is 20.5 Å². The highest BCUT2D eigenvalue weighted by atomic mass is 31.2. The number of ether oxygens (including phenoxy) is 2. The second kappa shape index (κ2) is 12.2. The Morgan fingerprint density at radius 1 is 1.29 bits per heavy atom. The molecule has 0 aliphatic carbocycles. The van der Waals surface area contributed by atoms with E-state index in [0.29, 0.717) is 0 Å². The number of anilines is 2. The number of carbonyl (C=O) groups excluding carboxylic acids is 1. The molecule has 3 heterocycles. The normalized spacial score (nSPS) is 24.7. The Hall–Kier alpha value is -3.43. The van der Waals surface area contributed by atoms with Gasteiger partial charge in [-0.15, -0.1) is 0 Å². The highest BCUT2D eigenvalue weighted by Crippen LogP contribution is 2.48. The maximum absolute atomic E-state index is 16.0. The van der Waals surface area contributed by atoms with Crippen molar-refractivity contribution in [2.24, 2.45) is 0 Å². The Kier molecular flexibility index (Phi) is 9.09. The minimum Gasteiger partial charge on any atom is -0.462 e. The third-order valence-electron chi connectivity index (χ3n) is 6.13. The van der Waals surface area contributed by atoms with E-state index in [9.17, 15) is 18.9 Å². The number of nitrogens with one attached hydrogen (secondary N) is 2. The van der Waals surface area contributed by atoms with Gasteiger partial charge in [0.2, 0.25) is 11.6 Å². The first-order valence-electron chi connectivity index (χ1n) is 12.6. The highest BCUT2D eigenvalue weighted by Gasteiger charge is 2.59. The van der Waals surface area contributed by atoms with Gasteiger partial charge in [0.05, 0.1) is 19.0 Å². The van der Waals surface area contributed by atoms with Gasteiger partial charge in [0.25, 0.3) is 0 Å². The van der Waals surface area contributed by atoms with Crippen LogP contribution in [-0.2, 0) is 23.4 Å². The van der Waals surface area contributed by atoms with Gasteiger partial charge in [-0.1, -0.05) is 18.2 Å². The van der Waals surface area contributed by atoms with Crippen molar-refractivity contribution in [3.8, 4) is 5.75 Å². The number of aliphatic hydroxyl groups is 1. The number of nitrogens with two attached hydrogens (primary N) is 1. The number of benzene rings is 1. The summed E-state index contributed by atoms with van der Waals surface area (Å²) in [5, 5.41) is 16.1. The van der Waals surface area contributed by atoms with Crippen LogP contribution in [0.1, 0.15) is 27.0 Å². The van der Waals surface area contributed by atoms with E-state index in [1.54, 1.807) is 39.1 Å². The van der Waals surface area contributed by atoms with Crippen LogP contribution < -0.4 is 20.7 Å². The number of para-hydroxylation sites is 1. The number of nitrogens with zero attached hydrogens (tertiary/aromatic N) is 4. The molecule has 0 spiro atoms. The standard InChI is InChI=1S/C24H32F2N7O7P/c1-13(2)38-21(35)14(3)32-41(36,40-15-8-6-5-7-9-15)37-10-16-18(34)24(26,11-25)22(39-16)33-12-29-17-19(28-4)30-23(27)31-20(17)33/h5-9,12-14,16,18,22,34H,10-11H2,1-4H3,(H,32,36)(H3,27,28,30,31)/t14?,16-,18-,22-,24-,41-/m1/s1. The van der Waals surface area contributed by atoms with E-state index >= 15 is 4.39 Å². The fraction of sp³-hybridized carbons (Fsp3) is 0.500. The zero-order chi connectivity index (χ0) is 29.9. The molecule has 1 aromatic carbocycles. The number of rotatable bonds is 12. The number of esters is 1. The van der Waals surface area contributed by atoms with Gasteiger partial charge in [0, 0.05) is 7.05 Å². The van der Waals surface area contributed by atoms with Gasteiger partial charge in [-0.05, 0) is 32.9 Å². The van der Waals surface area contributed by atoms with E-state index in [2.05, 4.69) is 25.4 Å². The summed E-state index contributed by atoms with van der Waals surface area (Å²) < 4.78 is 67.0. The van der Waals surface area contributed by atoms with Crippen LogP contribution in [0.15, 0.2) is 36.7 Å². The van der Waals surface area contributed by atoms with Gasteiger partial charge < -0.3 is 30.2 Å². The van der Waals surface area contributed by atoms with Crippen LogP contribution in [0.25, 0.3) is 11.2 Å². The van der Waals surface area contributed by atoms with Crippen molar-refractivity contribution in [1.82, 2.24) is 24.6 Å².